The molecule has 0 unspecified atom stereocenters. The van der Waals surface area contributed by atoms with E-state index in [0.29, 0.717) is 0 Å². The third kappa shape index (κ3) is 4.79. The summed E-state index contributed by atoms with van der Waals surface area (Å²) in [6, 6.07) is 0. The SMILES string of the molecule is C/C=C\C=C(\CN1CCCCC1)NC=O. The molecule has 1 aliphatic rings. The molecule has 1 rings (SSSR count). The number of allylic oxidation sites excluding steroid dienone is 3. The van der Waals surface area contributed by atoms with E-state index in [2.05, 4.69) is 10.2 Å². The highest BCUT2D eigenvalue weighted by Crippen LogP contribution is 2.09. The Bertz CT molecular complexity index is 240. The van der Waals surface area contributed by atoms with Gasteiger partial charge in [-0.1, -0.05) is 18.6 Å². The maximum Gasteiger partial charge on any atom is 0.211 e. The summed E-state index contributed by atoms with van der Waals surface area (Å²) >= 11 is 0. The molecule has 0 radical (unpaired) electrons. The van der Waals surface area contributed by atoms with E-state index in [1.807, 2.05) is 25.2 Å². The lowest BCUT2D eigenvalue weighted by atomic mass is 10.1. The molecular weight excluding hydrogens is 188 g/mol. The number of nitrogens with one attached hydrogen (secondary N) is 1. The molecular formula is C12H20N2O. The number of hydrogen-bond acceptors (Lipinski definition) is 2. The van der Waals surface area contributed by atoms with Crippen LogP contribution in [0.2, 0.25) is 0 Å². The summed E-state index contributed by atoms with van der Waals surface area (Å²) in [5.74, 6) is 0. The number of piperidine rings is 1. The van der Waals surface area contributed by atoms with Gasteiger partial charge in [-0.3, -0.25) is 9.69 Å². The van der Waals surface area contributed by atoms with Crippen molar-refractivity contribution in [1.82, 2.24) is 10.2 Å². The number of carbonyl (C=O) groups excluding carboxylic acids is 1. The minimum atomic E-state index is 0.749. The second-order valence-corrected chi connectivity index (χ2v) is 3.82. The van der Waals surface area contributed by atoms with Crippen LogP contribution in [-0.2, 0) is 4.79 Å². The van der Waals surface area contributed by atoms with Crippen molar-refractivity contribution >= 4 is 6.41 Å². The molecule has 0 spiro atoms. The van der Waals surface area contributed by atoms with E-state index in [0.717, 1.165) is 31.7 Å². The van der Waals surface area contributed by atoms with Crippen LogP contribution in [-0.4, -0.2) is 30.9 Å². The molecule has 84 valence electrons. The highest BCUT2D eigenvalue weighted by Gasteiger charge is 2.10. The summed E-state index contributed by atoms with van der Waals surface area (Å²) < 4.78 is 0. The predicted molar refractivity (Wildman–Crippen MR) is 62.4 cm³/mol. The number of amides is 1. The Hall–Kier alpha value is -1.09. The third-order valence-electron chi connectivity index (χ3n) is 2.58. The minimum absolute atomic E-state index is 0.749. The summed E-state index contributed by atoms with van der Waals surface area (Å²) in [5.41, 5.74) is 0.977. The Morgan fingerprint density at radius 3 is 2.67 bits per heavy atom. The summed E-state index contributed by atoms with van der Waals surface area (Å²) in [4.78, 5) is 12.8. The van der Waals surface area contributed by atoms with E-state index in [1.165, 1.54) is 19.3 Å². The van der Waals surface area contributed by atoms with Gasteiger partial charge in [0.2, 0.25) is 6.41 Å². The van der Waals surface area contributed by atoms with E-state index in [1.54, 1.807) is 0 Å². The Balaban J connectivity index is 2.45. The van der Waals surface area contributed by atoms with Crippen LogP contribution in [0.15, 0.2) is 23.9 Å². The highest BCUT2D eigenvalue weighted by molar-refractivity contribution is 5.50. The van der Waals surface area contributed by atoms with Gasteiger partial charge in [-0.25, -0.2) is 0 Å². The molecule has 15 heavy (non-hydrogen) atoms. The van der Waals surface area contributed by atoms with Crippen molar-refractivity contribution in [1.29, 1.82) is 0 Å². The Morgan fingerprint density at radius 2 is 2.07 bits per heavy atom. The smallest absolute Gasteiger partial charge is 0.211 e. The first-order valence-corrected chi connectivity index (χ1v) is 5.61. The quantitative estimate of drug-likeness (QED) is 0.550. The number of likely N-dealkylation sites (tertiary alicyclic amines) is 1. The fraction of sp³-hybridized carbons (Fsp3) is 0.583. The second kappa shape index (κ2) is 7.23. The van der Waals surface area contributed by atoms with Gasteiger partial charge >= 0.3 is 0 Å². The maximum atomic E-state index is 10.4. The van der Waals surface area contributed by atoms with Crippen LogP contribution in [0, 0.1) is 0 Å². The summed E-state index contributed by atoms with van der Waals surface area (Å²) in [5, 5.41) is 2.75. The lowest BCUT2D eigenvalue weighted by Gasteiger charge is -2.27. The van der Waals surface area contributed by atoms with Gasteiger partial charge in [-0.05, 0) is 38.9 Å². The van der Waals surface area contributed by atoms with Gasteiger partial charge in [0.25, 0.3) is 0 Å². The van der Waals surface area contributed by atoms with Crippen molar-refractivity contribution in [2.75, 3.05) is 19.6 Å². The molecule has 1 heterocycles. The molecule has 3 nitrogen and oxygen atoms in total. The van der Waals surface area contributed by atoms with Gasteiger partial charge in [0.1, 0.15) is 0 Å². The topological polar surface area (TPSA) is 32.3 Å². The van der Waals surface area contributed by atoms with Crippen LogP contribution in [0.1, 0.15) is 26.2 Å². The van der Waals surface area contributed by atoms with Crippen molar-refractivity contribution in [3.05, 3.63) is 23.9 Å². The molecule has 1 amide bonds. The molecule has 1 N–H and O–H groups in total. The van der Waals surface area contributed by atoms with Crippen molar-refractivity contribution in [3.63, 3.8) is 0 Å². The van der Waals surface area contributed by atoms with Gasteiger partial charge in [0.15, 0.2) is 0 Å². The molecule has 1 saturated heterocycles. The monoisotopic (exact) mass is 208 g/mol. The summed E-state index contributed by atoms with van der Waals surface area (Å²) in [6.07, 6.45) is 10.5. The second-order valence-electron chi connectivity index (χ2n) is 3.82. The Labute approximate surface area is 91.8 Å². The Morgan fingerprint density at radius 1 is 1.33 bits per heavy atom. The van der Waals surface area contributed by atoms with E-state index >= 15 is 0 Å². The van der Waals surface area contributed by atoms with Gasteiger partial charge in [-0.15, -0.1) is 0 Å². The van der Waals surface area contributed by atoms with Crippen LogP contribution < -0.4 is 5.32 Å². The van der Waals surface area contributed by atoms with Gasteiger partial charge in [0, 0.05) is 12.2 Å². The predicted octanol–water partition coefficient (Wildman–Crippen LogP) is 1.68. The molecule has 3 heteroatoms. The average Bonchev–Trinajstić information content (AvgIpc) is 2.28. The molecule has 0 aliphatic carbocycles. The lowest BCUT2D eigenvalue weighted by molar-refractivity contribution is -0.109. The van der Waals surface area contributed by atoms with E-state index in [9.17, 15) is 4.79 Å². The summed E-state index contributed by atoms with van der Waals surface area (Å²) in [6.45, 7) is 5.11. The Kier molecular flexibility index (Phi) is 5.78. The molecule has 0 atom stereocenters. The van der Waals surface area contributed by atoms with Gasteiger partial charge in [0.05, 0.1) is 0 Å². The largest absolute Gasteiger partial charge is 0.331 e. The van der Waals surface area contributed by atoms with Crippen LogP contribution >= 0.6 is 0 Å². The molecule has 0 aromatic carbocycles. The van der Waals surface area contributed by atoms with Crippen molar-refractivity contribution in [2.45, 2.75) is 26.2 Å². The molecule has 0 bridgehead atoms. The highest BCUT2D eigenvalue weighted by atomic mass is 16.1. The first-order chi connectivity index (χ1) is 7.36. The van der Waals surface area contributed by atoms with Crippen LogP contribution in [0.25, 0.3) is 0 Å². The lowest BCUT2D eigenvalue weighted by Crippen LogP contribution is -2.34. The zero-order chi connectivity index (χ0) is 10.9. The van der Waals surface area contributed by atoms with E-state index in [4.69, 9.17) is 0 Å². The number of hydrogen-bond donors (Lipinski definition) is 1. The van der Waals surface area contributed by atoms with Crippen molar-refractivity contribution in [3.8, 4) is 0 Å². The number of carbonyl (C=O) groups is 1. The van der Waals surface area contributed by atoms with Gasteiger partial charge < -0.3 is 5.32 Å². The molecule has 0 aromatic heterocycles. The van der Waals surface area contributed by atoms with E-state index < -0.39 is 0 Å². The number of rotatable bonds is 5. The first kappa shape index (κ1) is 12.0. The molecule has 1 fully saturated rings. The van der Waals surface area contributed by atoms with E-state index in [-0.39, 0.29) is 0 Å². The van der Waals surface area contributed by atoms with Crippen LogP contribution in [0.3, 0.4) is 0 Å². The normalized spacial score (nSPS) is 19.4. The maximum absolute atomic E-state index is 10.4. The molecule has 0 saturated carbocycles. The fourth-order valence-corrected chi connectivity index (χ4v) is 1.79. The third-order valence-corrected chi connectivity index (χ3v) is 2.58. The zero-order valence-electron chi connectivity index (χ0n) is 9.41. The summed E-state index contributed by atoms with van der Waals surface area (Å²) in [7, 11) is 0. The van der Waals surface area contributed by atoms with Crippen LogP contribution in [0.4, 0.5) is 0 Å². The van der Waals surface area contributed by atoms with Crippen molar-refractivity contribution in [2.24, 2.45) is 0 Å². The first-order valence-electron chi connectivity index (χ1n) is 5.61. The molecule has 0 aromatic rings. The average molecular weight is 208 g/mol. The zero-order valence-corrected chi connectivity index (χ0v) is 9.41. The van der Waals surface area contributed by atoms with Crippen LogP contribution in [0.5, 0.6) is 0 Å². The van der Waals surface area contributed by atoms with Crippen molar-refractivity contribution < 1.29 is 4.79 Å². The standard InChI is InChI=1S/C12H20N2O/c1-2-3-7-12(13-11-15)10-14-8-5-4-6-9-14/h2-3,7,11H,4-6,8-10H2,1H3,(H,13,15)/b3-2-,12-7-. The van der Waals surface area contributed by atoms with Gasteiger partial charge in [-0.2, -0.15) is 0 Å². The number of nitrogens with zero attached hydrogens (tertiary/aromatic N) is 1. The minimum Gasteiger partial charge on any atom is -0.331 e. The molecule has 1 aliphatic heterocycles. The fourth-order valence-electron chi connectivity index (χ4n) is 1.79.